The maximum Gasteiger partial charge on any atom is 0.217 e. The van der Waals surface area contributed by atoms with E-state index in [0.29, 0.717) is 0 Å². The van der Waals surface area contributed by atoms with Gasteiger partial charge in [0.15, 0.2) is 0 Å². The number of carbonyl (C=O) groups is 1. The van der Waals surface area contributed by atoms with Crippen LogP contribution in [0.4, 0.5) is 0 Å². The maximum atomic E-state index is 11.0. The molecule has 0 heterocycles. The molecular weight excluding hydrogens is 138 g/mol. The molecule has 0 aliphatic heterocycles. The SMILES string of the molecule is [2H]C([2H])([2H])C(=O)NCc1ccccc1. The van der Waals surface area contributed by atoms with E-state index in [2.05, 4.69) is 5.32 Å². The zero-order valence-electron chi connectivity index (χ0n) is 9.00. The number of rotatable bonds is 2. The molecule has 0 saturated carbocycles. The Bertz CT molecular complexity index is 308. The van der Waals surface area contributed by atoms with Crippen molar-refractivity contribution in [2.45, 2.75) is 13.4 Å². The highest BCUT2D eigenvalue weighted by atomic mass is 16.1. The van der Waals surface area contributed by atoms with Crippen molar-refractivity contribution in [2.24, 2.45) is 0 Å². The third-order valence-electron chi connectivity index (χ3n) is 1.30. The third-order valence-corrected chi connectivity index (χ3v) is 1.30. The van der Waals surface area contributed by atoms with Crippen LogP contribution >= 0.6 is 0 Å². The number of benzene rings is 1. The predicted molar refractivity (Wildman–Crippen MR) is 44.0 cm³/mol. The molecule has 0 fully saturated rings. The molecule has 1 rings (SSSR count). The van der Waals surface area contributed by atoms with Gasteiger partial charge in [-0.15, -0.1) is 0 Å². The Hall–Kier alpha value is -1.31. The molecule has 0 unspecified atom stereocenters. The Morgan fingerprint density at radius 3 is 2.91 bits per heavy atom. The molecule has 0 bridgehead atoms. The summed E-state index contributed by atoms with van der Waals surface area (Å²) < 4.78 is 20.5. The van der Waals surface area contributed by atoms with Crippen molar-refractivity contribution in [1.29, 1.82) is 0 Å². The van der Waals surface area contributed by atoms with E-state index in [-0.39, 0.29) is 6.54 Å². The smallest absolute Gasteiger partial charge is 0.217 e. The van der Waals surface area contributed by atoms with E-state index in [0.717, 1.165) is 5.56 Å². The van der Waals surface area contributed by atoms with E-state index >= 15 is 0 Å². The number of amides is 1. The number of nitrogens with one attached hydrogen (secondary N) is 1. The molecule has 1 amide bonds. The Kier molecular flexibility index (Phi) is 1.55. The van der Waals surface area contributed by atoms with Gasteiger partial charge in [0.1, 0.15) is 0 Å². The molecule has 0 aliphatic rings. The van der Waals surface area contributed by atoms with Gasteiger partial charge >= 0.3 is 0 Å². The van der Waals surface area contributed by atoms with Crippen molar-refractivity contribution >= 4 is 5.91 Å². The summed E-state index contributed by atoms with van der Waals surface area (Å²) >= 11 is 0. The van der Waals surface area contributed by atoms with Crippen LogP contribution in [-0.4, -0.2) is 5.91 Å². The molecule has 0 aliphatic carbocycles. The summed E-state index contributed by atoms with van der Waals surface area (Å²) in [7, 11) is 0. The number of carbonyl (C=O) groups excluding carboxylic acids is 1. The average Bonchev–Trinajstić information content (AvgIpc) is 2.14. The molecule has 11 heavy (non-hydrogen) atoms. The minimum absolute atomic E-state index is 0.248. The van der Waals surface area contributed by atoms with Gasteiger partial charge in [-0.05, 0) is 5.56 Å². The van der Waals surface area contributed by atoms with Gasteiger partial charge in [0.2, 0.25) is 5.91 Å². The van der Waals surface area contributed by atoms with Crippen molar-refractivity contribution < 1.29 is 8.91 Å². The second kappa shape index (κ2) is 3.76. The Balaban J connectivity index is 2.46. The molecule has 0 atom stereocenters. The molecule has 1 aromatic carbocycles. The van der Waals surface area contributed by atoms with Crippen LogP contribution in [0.25, 0.3) is 0 Å². The van der Waals surface area contributed by atoms with E-state index in [1.165, 1.54) is 0 Å². The summed E-state index contributed by atoms with van der Waals surface area (Å²) in [5.41, 5.74) is 0.880. The lowest BCUT2D eigenvalue weighted by molar-refractivity contribution is -0.119. The molecule has 0 aromatic heterocycles. The second-order valence-electron chi connectivity index (χ2n) is 2.17. The van der Waals surface area contributed by atoms with E-state index < -0.39 is 12.8 Å². The Morgan fingerprint density at radius 2 is 2.27 bits per heavy atom. The third kappa shape index (κ3) is 2.85. The van der Waals surface area contributed by atoms with Gasteiger partial charge in [-0.1, -0.05) is 30.3 Å². The van der Waals surface area contributed by atoms with Crippen molar-refractivity contribution in [2.75, 3.05) is 0 Å². The van der Waals surface area contributed by atoms with Crippen LogP contribution in [0.2, 0.25) is 0 Å². The van der Waals surface area contributed by atoms with Gasteiger partial charge in [0.05, 0.1) is 0 Å². The highest BCUT2D eigenvalue weighted by molar-refractivity contribution is 5.72. The first-order valence-electron chi connectivity index (χ1n) is 4.82. The fraction of sp³-hybridized carbons (Fsp3) is 0.222. The molecule has 0 saturated heterocycles. The summed E-state index contributed by atoms with van der Waals surface area (Å²) in [6.07, 6.45) is 0. The quantitative estimate of drug-likeness (QED) is 0.680. The van der Waals surface area contributed by atoms with Gasteiger partial charge in [-0.3, -0.25) is 4.79 Å². The fourth-order valence-corrected chi connectivity index (χ4v) is 0.778. The first-order valence-corrected chi connectivity index (χ1v) is 3.32. The van der Waals surface area contributed by atoms with Crippen LogP contribution in [0.1, 0.15) is 16.5 Å². The molecule has 1 N–H and O–H groups in total. The monoisotopic (exact) mass is 152 g/mol. The standard InChI is InChI=1S/C9H11NO/c1-8(11)10-7-9-5-3-2-4-6-9/h2-6H,7H2,1H3,(H,10,11)/i1D3. The number of hydrogen-bond acceptors (Lipinski definition) is 1. The molecule has 0 radical (unpaired) electrons. The minimum atomic E-state index is -2.56. The largest absolute Gasteiger partial charge is 0.352 e. The zero-order chi connectivity index (χ0) is 10.6. The minimum Gasteiger partial charge on any atom is -0.352 e. The summed E-state index contributed by atoms with van der Waals surface area (Å²) in [4.78, 5) is 11.0. The lowest BCUT2D eigenvalue weighted by Crippen LogP contribution is -2.18. The lowest BCUT2D eigenvalue weighted by Gasteiger charge is -2.00. The molecule has 0 spiro atoms. The van der Waals surface area contributed by atoms with Crippen LogP contribution in [0.3, 0.4) is 0 Å². The van der Waals surface area contributed by atoms with E-state index in [1.807, 2.05) is 30.3 Å². The summed E-state index contributed by atoms with van der Waals surface area (Å²) in [6, 6.07) is 9.16. The zero-order valence-corrected chi connectivity index (χ0v) is 6.00. The summed E-state index contributed by atoms with van der Waals surface area (Å²) in [5.74, 6) is -0.915. The van der Waals surface area contributed by atoms with Crippen molar-refractivity contribution in [1.82, 2.24) is 5.32 Å². The van der Waals surface area contributed by atoms with Crippen molar-refractivity contribution in [3.05, 3.63) is 35.9 Å². The van der Waals surface area contributed by atoms with Crippen molar-refractivity contribution in [3.8, 4) is 0 Å². The van der Waals surface area contributed by atoms with Crippen LogP contribution < -0.4 is 5.32 Å². The highest BCUT2D eigenvalue weighted by Gasteiger charge is 1.91. The average molecular weight is 152 g/mol. The molecule has 58 valence electrons. The predicted octanol–water partition coefficient (Wildman–Crippen LogP) is 1.32. The highest BCUT2D eigenvalue weighted by Crippen LogP contribution is 1.96. The lowest BCUT2D eigenvalue weighted by atomic mass is 10.2. The van der Waals surface area contributed by atoms with Crippen LogP contribution in [0, 0.1) is 0 Å². The Labute approximate surface area is 70.5 Å². The normalized spacial score (nSPS) is 14.4. The second-order valence-corrected chi connectivity index (χ2v) is 2.17. The maximum absolute atomic E-state index is 11.0. The molecule has 2 nitrogen and oxygen atoms in total. The van der Waals surface area contributed by atoms with Gasteiger partial charge in [-0.25, -0.2) is 0 Å². The van der Waals surface area contributed by atoms with E-state index in [4.69, 9.17) is 4.11 Å². The van der Waals surface area contributed by atoms with Gasteiger partial charge in [0.25, 0.3) is 0 Å². The fourth-order valence-electron chi connectivity index (χ4n) is 0.778. The number of hydrogen-bond donors (Lipinski definition) is 1. The van der Waals surface area contributed by atoms with Crippen LogP contribution in [0.15, 0.2) is 30.3 Å². The van der Waals surface area contributed by atoms with Gasteiger partial charge < -0.3 is 5.32 Å². The van der Waals surface area contributed by atoms with Gasteiger partial charge in [0, 0.05) is 17.5 Å². The first kappa shape index (κ1) is 4.54. The molecular formula is C9H11NO. The van der Waals surface area contributed by atoms with Crippen LogP contribution in [0.5, 0.6) is 0 Å². The molecule has 2 heteroatoms. The Morgan fingerprint density at radius 1 is 1.55 bits per heavy atom. The van der Waals surface area contributed by atoms with Crippen molar-refractivity contribution in [3.63, 3.8) is 0 Å². The van der Waals surface area contributed by atoms with E-state index in [1.54, 1.807) is 0 Å². The first-order chi connectivity index (χ1) is 6.50. The molecule has 1 aromatic rings. The van der Waals surface area contributed by atoms with E-state index in [9.17, 15) is 4.79 Å². The van der Waals surface area contributed by atoms with Gasteiger partial charge in [-0.2, -0.15) is 0 Å². The topological polar surface area (TPSA) is 29.1 Å². The summed E-state index contributed by atoms with van der Waals surface area (Å²) in [5, 5.41) is 2.34. The summed E-state index contributed by atoms with van der Waals surface area (Å²) in [6.45, 7) is -2.31. The van der Waals surface area contributed by atoms with Crippen LogP contribution in [-0.2, 0) is 11.3 Å².